The van der Waals surface area contributed by atoms with Crippen LogP contribution in [0.3, 0.4) is 0 Å². The van der Waals surface area contributed by atoms with Crippen LogP contribution in [0.2, 0.25) is 0 Å². The zero-order valence-electron chi connectivity index (χ0n) is 17.7. The molecule has 0 atom stereocenters. The fraction of sp³-hybridized carbons (Fsp3) is 0.240. The third-order valence-corrected chi connectivity index (χ3v) is 5.08. The van der Waals surface area contributed by atoms with Crippen molar-refractivity contribution in [1.29, 1.82) is 0 Å². The maximum absolute atomic E-state index is 5.59. The number of thioether (sulfide) groups is 2. The second-order valence-electron chi connectivity index (χ2n) is 5.82. The molecule has 0 saturated carbocycles. The summed E-state index contributed by atoms with van der Waals surface area (Å²) in [6.07, 6.45) is 18.1. The van der Waals surface area contributed by atoms with Crippen molar-refractivity contribution in [3.63, 3.8) is 0 Å². The number of hydrogen-bond acceptors (Lipinski definition) is 4. The number of rotatable bonds is 4. The minimum atomic E-state index is 0.566. The lowest BCUT2D eigenvalue weighted by Crippen LogP contribution is -2.05. The fourth-order valence-corrected chi connectivity index (χ4v) is 2.98. The monoisotopic (exact) mass is 422 g/mol. The highest BCUT2D eigenvalue weighted by molar-refractivity contribution is 8.01. The van der Waals surface area contributed by atoms with Gasteiger partial charge in [-0.3, -0.25) is 4.99 Å². The molecule has 29 heavy (non-hydrogen) atoms. The molecule has 2 rings (SSSR count). The second-order valence-corrected chi connectivity index (χ2v) is 7.44. The number of benzene rings is 1. The van der Waals surface area contributed by atoms with E-state index in [0.717, 1.165) is 23.3 Å². The molecule has 4 heteroatoms. The molecule has 1 aromatic carbocycles. The molecular formula is C25H30N2S2. The largest absolute Gasteiger partial charge is 0.326 e. The highest BCUT2D eigenvalue weighted by Crippen LogP contribution is 2.14. The van der Waals surface area contributed by atoms with Crippen molar-refractivity contribution < 1.29 is 0 Å². The van der Waals surface area contributed by atoms with Crippen LogP contribution in [0.25, 0.3) is 0 Å². The molecular weight excluding hydrogens is 392 g/mol. The molecule has 0 radical (unpaired) electrons. The Bertz CT molecular complexity index is 858. The smallest absolute Gasteiger partial charge is 0.0573 e. The summed E-state index contributed by atoms with van der Waals surface area (Å²) in [5.41, 5.74) is 10.0. The molecule has 0 aromatic heterocycles. The molecule has 1 aliphatic heterocycles. The summed E-state index contributed by atoms with van der Waals surface area (Å²) >= 11 is 3.42. The maximum atomic E-state index is 5.59. The molecule has 0 unspecified atom stereocenters. The Morgan fingerprint density at radius 1 is 1.21 bits per heavy atom. The number of nitrogens with two attached hydrogens (primary N) is 1. The molecule has 0 saturated heterocycles. The number of hydrogen-bond donors (Lipinski definition) is 1. The van der Waals surface area contributed by atoms with Gasteiger partial charge in [0.2, 0.25) is 0 Å². The van der Waals surface area contributed by atoms with E-state index >= 15 is 0 Å². The molecule has 0 fully saturated rings. The van der Waals surface area contributed by atoms with Crippen LogP contribution in [0.1, 0.15) is 19.4 Å². The van der Waals surface area contributed by atoms with Gasteiger partial charge < -0.3 is 5.73 Å². The summed E-state index contributed by atoms with van der Waals surface area (Å²) in [6.45, 7) is 5.34. The van der Waals surface area contributed by atoms with Crippen LogP contribution in [0, 0.1) is 11.8 Å². The Hall–Kier alpha value is -2.19. The van der Waals surface area contributed by atoms with Crippen LogP contribution >= 0.6 is 23.5 Å². The fourth-order valence-electron chi connectivity index (χ4n) is 2.28. The lowest BCUT2D eigenvalue weighted by atomic mass is 10.0. The van der Waals surface area contributed by atoms with E-state index in [4.69, 9.17) is 5.73 Å². The van der Waals surface area contributed by atoms with Crippen molar-refractivity contribution in [2.75, 3.05) is 25.6 Å². The Labute approximate surface area is 184 Å². The SMILES string of the molecule is C/C=C(C#Cc1ccc(SC)cc1)\C=C/SC.C/C=C1\C=C/CN=C/C=C\1CN. The van der Waals surface area contributed by atoms with Gasteiger partial charge in [0.1, 0.15) is 0 Å². The number of nitrogens with zero attached hydrogens (tertiary/aromatic N) is 1. The highest BCUT2D eigenvalue weighted by Gasteiger charge is 1.98. The average molecular weight is 423 g/mol. The summed E-state index contributed by atoms with van der Waals surface area (Å²) in [5, 5.41) is 2.04. The van der Waals surface area contributed by atoms with Gasteiger partial charge >= 0.3 is 0 Å². The van der Waals surface area contributed by atoms with E-state index in [9.17, 15) is 0 Å². The van der Waals surface area contributed by atoms with Gasteiger partial charge in [-0.1, -0.05) is 36.1 Å². The zero-order chi connectivity index (χ0) is 21.3. The topological polar surface area (TPSA) is 38.4 Å². The summed E-state index contributed by atoms with van der Waals surface area (Å²) in [5.74, 6) is 6.33. The van der Waals surface area contributed by atoms with E-state index in [0.29, 0.717) is 6.54 Å². The van der Waals surface area contributed by atoms with Gasteiger partial charge in [0.05, 0.1) is 6.54 Å². The van der Waals surface area contributed by atoms with Crippen LogP contribution in [0.15, 0.2) is 92.7 Å². The molecule has 2 N–H and O–H groups in total. The van der Waals surface area contributed by atoms with Crippen molar-refractivity contribution in [2.45, 2.75) is 18.7 Å². The Morgan fingerprint density at radius 3 is 2.55 bits per heavy atom. The Morgan fingerprint density at radius 2 is 1.97 bits per heavy atom. The molecule has 0 bridgehead atoms. The van der Waals surface area contributed by atoms with Gasteiger partial charge in [-0.25, -0.2) is 0 Å². The molecule has 1 heterocycles. The van der Waals surface area contributed by atoms with Crippen LogP contribution in [0.4, 0.5) is 0 Å². The van der Waals surface area contributed by atoms with Crippen LogP contribution in [0.5, 0.6) is 0 Å². The molecule has 0 spiro atoms. The quantitative estimate of drug-likeness (QED) is 0.365. The molecule has 1 aliphatic rings. The lowest BCUT2D eigenvalue weighted by molar-refractivity contribution is 1.15. The summed E-state index contributed by atoms with van der Waals surface area (Å²) in [4.78, 5) is 5.39. The third-order valence-electron chi connectivity index (χ3n) is 3.93. The van der Waals surface area contributed by atoms with Gasteiger partial charge in [0.15, 0.2) is 0 Å². The Kier molecular flexibility index (Phi) is 13.5. The second kappa shape index (κ2) is 15.7. The zero-order valence-corrected chi connectivity index (χ0v) is 19.3. The van der Waals surface area contributed by atoms with E-state index < -0.39 is 0 Å². The van der Waals surface area contributed by atoms with Crippen molar-refractivity contribution in [3.8, 4) is 11.8 Å². The first-order chi connectivity index (χ1) is 14.2. The number of allylic oxidation sites excluding steroid dienone is 6. The van der Waals surface area contributed by atoms with E-state index in [1.54, 1.807) is 23.5 Å². The van der Waals surface area contributed by atoms with Crippen LogP contribution < -0.4 is 5.73 Å². The standard InChI is InChI=1S/C15H16S2.C10H14N2/c1-4-13(11-12-16-2)5-6-14-7-9-15(17-3)10-8-14;1-2-9-4-3-6-12-7-5-10(9)8-11/h4,7-12H,1-3H3;2-5,7H,6,8,11H2,1H3/b12-11-,13-4-;4-3-,9-2+,10-5-,12-7?. The van der Waals surface area contributed by atoms with Gasteiger partial charge in [0, 0.05) is 28.8 Å². The minimum Gasteiger partial charge on any atom is -0.326 e. The van der Waals surface area contributed by atoms with E-state index in [-0.39, 0.29) is 0 Å². The van der Waals surface area contributed by atoms with Crippen molar-refractivity contribution in [1.82, 2.24) is 0 Å². The van der Waals surface area contributed by atoms with E-state index in [1.165, 1.54) is 10.5 Å². The Balaban J connectivity index is 0.000000308. The van der Waals surface area contributed by atoms with Crippen molar-refractivity contribution in [3.05, 3.63) is 88.4 Å². The van der Waals surface area contributed by atoms with Gasteiger partial charge in [0.25, 0.3) is 0 Å². The van der Waals surface area contributed by atoms with E-state index in [1.807, 2.05) is 56.0 Å². The lowest BCUT2D eigenvalue weighted by Gasteiger charge is -2.05. The molecule has 1 aromatic rings. The molecule has 0 aliphatic carbocycles. The summed E-state index contributed by atoms with van der Waals surface area (Å²) in [6, 6.07) is 8.32. The molecule has 152 valence electrons. The molecule has 0 amide bonds. The highest BCUT2D eigenvalue weighted by atomic mass is 32.2. The first-order valence-corrected chi connectivity index (χ1v) is 11.9. The van der Waals surface area contributed by atoms with Crippen molar-refractivity contribution >= 4 is 29.7 Å². The van der Waals surface area contributed by atoms with Gasteiger partial charge in [-0.2, -0.15) is 0 Å². The predicted octanol–water partition coefficient (Wildman–Crippen LogP) is 6.04. The minimum absolute atomic E-state index is 0.566. The van der Waals surface area contributed by atoms with Gasteiger partial charge in [-0.15, -0.1) is 23.5 Å². The first-order valence-electron chi connectivity index (χ1n) is 9.42. The molecule has 2 nitrogen and oxygen atoms in total. The number of aliphatic imine (C=N–C) groups is 1. The van der Waals surface area contributed by atoms with Crippen LogP contribution in [-0.2, 0) is 0 Å². The average Bonchev–Trinajstić information content (AvgIpc) is 2.75. The van der Waals surface area contributed by atoms with Crippen LogP contribution in [-0.4, -0.2) is 31.8 Å². The predicted molar refractivity (Wildman–Crippen MR) is 135 cm³/mol. The third kappa shape index (κ3) is 10.2. The van der Waals surface area contributed by atoms with E-state index in [2.05, 4.69) is 59.5 Å². The summed E-state index contributed by atoms with van der Waals surface area (Å²) in [7, 11) is 0. The normalized spacial score (nSPS) is 18.0. The van der Waals surface area contributed by atoms with Crippen molar-refractivity contribution in [2.24, 2.45) is 10.7 Å². The summed E-state index contributed by atoms with van der Waals surface area (Å²) < 4.78 is 0. The maximum Gasteiger partial charge on any atom is 0.0573 e. The first kappa shape index (κ1) is 24.8. The van der Waals surface area contributed by atoms with Gasteiger partial charge in [-0.05, 0) is 79.3 Å².